The Kier molecular flexibility index (Phi) is 5.41. The Morgan fingerprint density at radius 2 is 1.87 bits per heavy atom. The molecule has 3 rings (SSSR count). The van der Waals surface area contributed by atoms with Crippen molar-refractivity contribution in [3.8, 4) is 6.07 Å². The van der Waals surface area contributed by atoms with Crippen LogP contribution in [0.2, 0.25) is 0 Å². The molecule has 2 heterocycles. The number of rotatable bonds is 5. The molecule has 0 atom stereocenters. The standard InChI is InChI=1S/C20H21N5O4S/c1-12-6-8-15(9-7-12)30(27,28)25(5)20-17(11-22-24(20)4)18(26)23-19-16(10-21)13(2)14(3)29-19/h6-9,11H,1-5H3,(H,23,26). The van der Waals surface area contributed by atoms with E-state index in [0.717, 1.165) is 9.87 Å². The zero-order valence-electron chi connectivity index (χ0n) is 17.2. The quantitative estimate of drug-likeness (QED) is 0.668. The normalized spacial score (nSPS) is 11.2. The molecule has 0 bridgehead atoms. The van der Waals surface area contributed by atoms with Crippen LogP contribution in [0.25, 0.3) is 0 Å². The molecule has 9 nitrogen and oxygen atoms in total. The third-order valence-electron chi connectivity index (χ3n) is 4.85. The highest BCUT2D eigenvalue weighted by molar-refractivity contribution is 7.92. The molecular formula is C20H21N5O4S. The van der Waals surface area contributed by atoms with E-state index in [1.54, 1.807) is 26.0 Å². The molecule has 0 fully saturated rings. The minimum atomic E-state index is -3.93. The summed E-state index contributed by atoms with van der Waals surface area (Å²) in [7, 11) is -1.04. The van der Waals surface area contributed by atoms with E-state index in [-0.39, 0.29) is 27.7 Å². The molecule has 0 aliphatic heterocycles. The summed E-state index contributed by atoms with van der Waals surface area (Å²) in [6.45, 7) is 5.25. The summed E-state index contributed by atoms with van der Waals surface area (Å²) in [6, 6.07) is 8.40. The Morgan fingerprint density at radius 1 is 1.23 bits per heavy atom. The van der Waals surface area contributed by atoms with Crippen LogP contribution in [0, 0.1) is 32.1 Å². The Bertz CT molecular complexity index is 1260. The van der Waals surface area contributed by atoms with Gasteiger partial charge in [-0.25, -0.2) is 8.42 Å². The molecule has 0 radical (unpaired) electrons. The number of anilines is 2. The van der Waals surface area contributed by atoms with E-state index < -0.39 is 15.9 Å². The molecular weight excluding hydrogens is 406 g/mol. The molecule has 0 unspecified atom stereocenters. The van der Waals surface area contributed by atoms with Crippen LogP contribution in [0.5, 0.6) is 0 Å². The summed E-state index contributed by atoms with van der Waals surface area (Å²) in [5.74, 6) is -0.0513. The summed E-state index contributed by atoms with van der Waals surface area (Å²) in [4.78, 5) is 13.0. The molecule has 0 aliphatic rings. The Labute approximate surface area is 174 Å². The first-order chi connectivity index (χ1) is 14.1. The number of carbonyl (C=O) groups is 1. The minimum Gasteiger partial charge on any atom is -0.444 e. The second-order valence-electron chi connectivity index (χ2n) is 6.84. The van der Waals surface area contributed by atoms with Gasteiger partial charge in [-0.2, -0.15) is 10.4 Å². The van der Waals surface area contributed by atoms with Gasteiger partial charge in [0, 0.05) is 19.7 Å². The van der Waals surface area contributed by atoms with Gasteiger partial charge in [0.2, 0.25) is 5.88 Å². The number of carbonyl (C=O) groups excluding carboxylic acids is 1. The van der Waals surface area contributed by atoms with E-state index >= 15 is 0 Å². The predicted molar refractivity (Wildman–Crippen MR) is 111 cm³/mol. The molecule has 2 aromatic heterocycles. The Morgan fingerprint density at radius 3 is 2.47 bits per heavy atom. The molecule has 0 saturated carbocycles. The highest BCUT2D eigenvalue weighted by Gasteiger charge is 2.29. The summed E-state index contributed by atoms with van der Waals surface area (Å²) >= 11 is 0. The maximum Gasteiger partial charge on any atom is 0.265 e. The fourth-order valence-electron chi connectivity index (χ4n) is 2.97. The Hall–Kier alpha value is -3.58. The number of nitrogens with zero attached hydrogens (tertiary/aromatic N) is 4. The number of furan rings is 1. The summed E-state index contributed by atoms with van der Waals surface area (Å²) < 4.78 is 33.9. The van der Waals surface area contributed by atoms with E-state index in [9.17, 15) is 18.5 Å². The number of aryl methyl sites for hydroxylation is 3. The van der Waals surface area contributed by atoms with Gasteiger partial charge in [-0.1, -0.05) is 17.7 Å². The van der Waals surface area contributed by atoms with Crippen LogP contribution in [-0.4, -0.2) is 31.2 Å². The lowest BCUT2D eigenvalue weighted by Crippen LogP contribution is -2.30. The molecule has 30 heavy (non-hydrogen) atoms. The number of aromatic nitrogens is 2. The number of hydrogen-bond donors (Lipinski definition) is 1. The molecule has 1 aromatic carbocycles. The highest BCUT2D eigenvalue weighted by atomic mass is 32.2. The van der Waals surface area contributed by atoms with Crippen LogP contribution in [0.4, 0.5) is 11.7 Å². The van der Waals surface area contributed by atoms with Crippen LogP contribution in [-0.2, 0) is 17.1 Å². The summed E-state index contributed by atoms with van der Waals surface area (Å²) in [5.41, 5.74) is 1.78. The van der Waals surface area contributed by atoms with Gasteiger partial charge < -0.3 is 4.42 Å². The second-order valence-corrected chi connectivity index (χ2v) is 8.81. The molecule has 0 spiro atoms. The van der Waals surface area contributed by atoms with Gasteiger partial charge in [-0.3, -0.25) is 19.1 Å². The molecule has 1 amide bonds. The van der Waals surface area contributed by atoms with Crippen LogP contribution in [0.15, 0.2) is 39.8 Å². The van der Waals surface area contributed by atoms with Gasteiger partial charge in [0.1, 0.15) is 23.0 Å². The van der Waals surface area contributed by atoms with Crippen LogP contribution >= 0.6 is 0 Å². The van der Waals surface area contributed by atoms with Gasteiger partial charge in [-0.15, -0.1) is 0 Å². The van der Waals surface area contributed by atoms with Gasteiger partial charge in [0.15, 0.2) is 5.82 Å². The van der Waals surface area contributed by atoms with Crippen molar-refractivity contribution < 1.29 is 17.6 Å². The number of nitriles is 1. The zero-order valence-corrected chi connectivity index (χ0v) is 18.0. The first kappa shape index (κ1) is 21.1. The van der Waals surface area contributed by atoms with Crippen molar-refractivity contribution >= 4 is 27.6 Å². The molecule has 0 aliphatic carbocycles. The largest absolute Gasteiger partial charge is 0.444 e. The average molecular weight is 427 g/mol. The number of hydrogen-bond acceptors (Lipinski definition) is 6. The summed E-state index contributed by atoms with van der Waals surface area (Å²) in [6.07, 6.45) is 1.26. The number of nitrogens with one attached hydrogen (secondary N) is 1. The van der Waals surface area contributed by atoms with Gasteiger partial charge in [0.05, 0.1) is 11.1 Å². The minimum absolute atomic E-state index is 0.0105. The molecule has 1 N–H and O–H groups in total. The smallest absolute Gasteiger partial charge is 0.265 e. The topological polar surface area (TPSA) is 121 Å². The average Bonchev–Trinajstić information content (AvgIpc) is 3.20. The van der Waals surface area contributed by atoms with E-state index in [0.29, 0.717) is 11.3 Å². The van der Waals surface area contributed by atoms with E-state index in [2.05, 4.69) is 10.4 Å². The van der Waals surface area contributed by atoms with Gasteiger partial charge in [-0.05, 0) is 32.9 Å². The monoisotopic (exact) mass is 427 g/mol. The molecule has 10 heteroatoms. The fraction of sp³-hybridized carbons (Fsp3) is 0.250. The van der Waals surface area contributed by atoms with Crippen LogP contribution in [0.1, 0.15) is 32.8 Å². The van der Waals surface area contributed by atoms with Gasteiger partial charge in [0.25, 0.3) is 15.9 Å². The highest BCUT2D eigenvalue weighted by Crippen LogP contribution is 2.29. The first-order valence-electron chi connectivity index (χ1n) is 8.97. The zero-order chi connectivity index (χ0) is 22.2. The van der Waals surface area contributed by atoms with E-state index in [4.69, 9.17) is 4.42 Å². The lowest BCUT2D eigenvalue weighted by molar-refractivity contribution is 0.102. The molecule has 0 saturated heterocycles. The van der Waals surface area contributed by atoms with Gasteiger partial charge >= 0.3 is 0 Å². The summed E-state index contributed by atoms with van der Waals surface area (Å²) in [5, 5.41) is 15.9. The maximum atomic E-state index is 13.1. The van der Waals surface area contributed by atoms with Crippen molar-refractivity contribution in [2.24, 2.45) is 7.05 Å². The Balaban J connectivity index is 1.99. The fourth-order valence-corrected chi connectivity index (χ4v) is 4.21. The van der Waals surface area contributed by atoms with Crippen molar-refractivity contribution in [3.05, 3.63) is 58.5 Å². The lowest BCUT2D eigenvalue weighted by atomic mass is 10.2. The molecule has 3 aromatic rings. The van der Waals surface area contributed by atoms with Crippen LogP contribution < -0.4 is 9.62 Å². The SMILES string of the molecule is Cc1ccc(S(=O)(=O)N(C)c2c(C(=O)Nc3oc(C)c(C)c3C#N)cnn2C)cc1. The van der Waals surface area contributed by atoms with Crippen molar-refractivity contribution in [1.29, 1.82) is 5.26 Å². The third kappa shape index (κ3) is 3.55. The van der Waals surface area contributed by atoms with Crippen molar-refractivity contribution in [3.63, 3.8) is 0 Å². The third-order valence-corrected chi connectivity index (χ3v) is 6.62. The first-order valence-corrected chi connectivity index (χ1v) is 10.4. The van der Waals surface area contributed by atoms with Crippen LogP contribution in [0.3, 0.4) is 0 Å². The predicted octanol–water partition coefficient (Wildman–Crippen LogP) is 2.89. The lowest BCUT2D eigenvalue weighted by Gasteiger charge is -2.20. The van der Waals surface area contributed by atoms with Crippen molar-refractivity contribution in [2.75, 3.05) is 16.7 Å². The van der Waals surface area contributed by atoms with E-state index in [1.807, 2.05) is 13.0 Å². The van der Waals surface area contributed by atoms with E-state index in [1.165, 1.54) is 37.1 Å². The second kappa shape index (κ2) is 7.68. The molecule has 156 valence electrons. The maximum absolute atomic E-state index is 13.1. The number of benzene rings is 1. The number of sulfonamides is 1. The number of amides is 1. The van der Waals surface area contributed by atoms with Crippen molar-refractivity contribution in [1.82, 2.24) is 9.78 Å². The van der Waals surface area contributed by atoms with Crippen molar-refractivity contribution in [2.45, 2.75) is 25.7 Å².